The predicted molar refractivity (Wildman–Crippen MR) is 78.3 cm³/mol. The fourth-order valence-electron chi connectivity index (χ4n) is 3.77. The number of nitrogens with one attached hydrogen (secondary N) is 1. The van der Waals surface area contributed by atoms with Crippen molar-refractivity contribution in [3.8, 4) is 0 Å². The van der Waals surface area contributed by atoms with Crippen molar-refractivity contribution in [2.24, 2.45) is 5.41 Å². The lowest BCUT2D eigenvalue weighted by atomic mass is 9.61. The normalized spacial score (nSPS) is 37.9. The van der Waals surface area contributed by atoms with Crippen LogP contribution in [0.15, 0.2) is 0 Å². The molecule has 2 rings (SSSR count). The van der Waals surface area contributed by atoms with Crippen LogP contribution >= 0.6 is 0 Å². The van der Waals surface area contributed by atoms with E-state index in [9.17, 15) is 5.11 Å². The summed E-state index contributed by atoms with van der Waals surface area (Å²) in [5.41, 5.74) is -0.218. The molecular weight excluding hydrogens is 238 g/mol. The van der Waals surface area contributed by atoms with Gasteiger partial charge in [-0.25, -0.2) is 0 Å². The minimum atomic E-state index is -0.455. The quantitative estimate of drug-likeness (QED) is 0.779. The molecule has 0 aromatic rings. The molecule has 2 saturated carbocycles. The number of rotatable bonds is 6. The minimum absolute atomic E-state index is 0.237. The smallest absolute Gasteiger partial charge is 0.0771 e. The maximum absolute atomic E-state index is 10.6. The van der Waals surface area contributed by atoms with Crippen molar-refractivity contribution in [3.63, 3.8) is 0 Å². The maximum atomic E-state index is 10.6. The summed E-state index contributed by atoms with van der Waals surface area (Å²) in [6.07, 6.45) is 8.17. The first-order valence-corrected chi connectivity index (χ1v) is 8.11. The average molecular weight is 269 g/mol. The third kappa shape index (κ3) is 3.14. The molecule has 2 N–H and O–H groups in total. The van der Waals surface area contributed by atoms with E-state index in [4.69, 9.17) is 4.74 Å². The molecule has 0 amide bonds. The molecule has 0 saturated heterocycles. The van der Waals surface area contributed by atoms with E-state index >= 15 is 0 Å². The Bertz CT molecular complexity index is 288. The molecule has 3 unspecified atom stereocenters. The Morgan fingerprint density at radius 3 is 2.47 bits per heavy atom. The van der Waals surface area contributed by atoms with Gasteiger partial charge in [0.25, 0.3) is 0 Å². The summed E-state index contributed by atoms with van der Waals surface area (Å²) in [5, 5.41) is 14.2. The van der Waals surface area contributed by atoms with Crippen LogP contribution in [0.25, 0.3) is 0 Å². The van der Waals surface area contributed by atoms with Gasteiger partial charge in [-0.3, -0.25) is 0 Å². The molecule has 3 atom stereocenters. The number of hydrogen-bond donors (Lipinski definition) is 2. The first-order valence-electron chi connectivity index (χ1n) is 8.11. The van der Waals surface area contributed by atoms with E-state index in [1.165, 1.54) is 19.3 Å². The fourth-order valence-corrected chi connectivity index (χ4v) is 3.77. The van der Waals surface area contributed by atoms with Gasteiger partial charge < -0.3 is 15.2 Å². The van der Waals surface area contributed by atoms with Gasteiger partial charge in [0, 0.05) is 24.6 Å². The second-order valence-corrected chi connectivity index (χ2v) is 6.76. The molecule has 2 aliphatic rings. The van der Waals surface area contributed by atoms with Gasteiger partial charge in [-0.05, 0) is 32.6 Å². The van der Waals surface area contributed by atoms with E-state index in [0.29, 0.717) is 12.1 Å². The molecule has 0 aromatic carbocycles. The highest BCUT2D eigenvalue weighted by Crippen LogP contribution is 2.46. The largest absolute Gasteiger partial charge is 0.389 e. The highest BCUT2D eigenvalue weighted by atomic mass is 16.5. The molecule has 0 bridgehead atoms. The Morgan fingerprint density at radius 2 is 1.89 bits per heavy atom. The Balaban J connectivity index is 1.83. The van der Waals surface area contributed by atoms with Crippen molar-refractivity contribution < 1.29 is 9.84 Å². The van der Waals surface area contributed by atoms with Crippen molar-refractivity contribution >= 4 is 0 Å². The molecule has 2 fully saturated rings. The van der Waals surface area contributed by atoms with E-state index in [-0.39, 0.29) is 5.41 Å². The molecule has 0 aliphatic heterocycles. The summed E-state index contributed by atoms with van der Waals surface area (Å²) >= 11 is 0. The van der Waals surface area contributed by atoms with Gasteiger partial charge in [0.1, 0.15) is 0 Å². The van der Waals surface area contributed by atoms with Crippen LogP contribution in [0.2, 0.25) is 0 Å². The lowest BCUT2D eigenvalue weighted by molar-refractivity contribution is -0.130. The topological polar surface area (TPSA) is 41.5 Å². The summed E-state index contributed by atoms with van der Waals surface area (Å²) in [7, 11) is 0. The van der Waals surface area contributed by atoms with Crippen molar-refractivity contribution in [3.05, 3.63) is 0 Å². The van der Waals surface area contributed by atoms with Crippen molar-refractivity contribution in [2.75, 3.05) is 13.2 Å². The third-order valence-electron chi connectivity index (χ3n) is 5.57. The summed E-state index contributed by atoms with van der Waals surface area (Å²) in [4.78, 5) is 0. The molecule has 0 spiro atoms. The van der Waals surface area contributed by atoms with Gasteiger partial charge in [0.2, 0.25) is 0 Å². The lowest BCUT2D eigenvalue weighted by Crippen LogP contribution is -2.64. The molecule has 3 heteroatoms. The zero-order valence-corrected chi connectivity index (χ0v) is 12.9. The molecule has 0 radical (unpaired) electrons. The maximum Gasteiger partial charge on any atom is 0.0771 e. The summed E-state index contributed by atoms with van der Waals surface area (Å²) in [6, 6.07) is 0.500. The van der Waals surface area contributed by atoms with E-state index in [1.54, 1.807) is 0 Å². The Morgan fingerprint density at radius 1 is 1.21 bits per heavy atom. The molecule has 112 valence electrons. The van der Waals surface area contributed by atoms with E-state index in [1.807, 2.05) is 0 Å². The van der Waals surface area contributed by atoms with Crippen molar-refractivity contribution in [1.29, 1.82) is 0 Å². The van der Waals surface area contributed by atoms with E-state index in [2.05, 4.69) is 26.1 Å². The van der Waals surface area contributed by atoms with Crippen molar-refractivity contribution in [2.45, 2.75) is 83.5 Å². The number of hydrogen-bond acceptors (Lipinski definition) is 3. The molecule has 19 heavy (non-hydrogen) atoms. The second-order valence-electron chi connectivity index (χ2n) is 6.76. The monoisotopic (exact) mass is 269 g/mol. The summed E-state index contributed by atoms with van der Waals surface area (Å²) in [6.45, 7) is 8.19. The Kier molecular flexibility index (Phi) is 4.91. The average Bonchev–Trinajstić information content (AvgIpc) is 2.41. The lowest BCUT2D eigenvalue weighted by Gasteiger charge is -2.54. The zero-order chi connectivity index (χ0) is 13.9. The highest BCUT2D eigenvalue weighted by Gasteiger charge is 2.51. The van der Waals surface area contributed by atoms with E-state index < -0.39 is 5.60 Å². The molecule has 0 heterocycles. The van der Waals surface area contributed by atoms with Gasteiger partial charge in [-0.2, -0.15) is 0 Å². The van der Waals surface area contributed by atoms with Gasteiger partial charge >= 0.3 is 0 Å². The van der Waals surface area contributed by atoms with Crippen LogP contribution in [0.4, 0.5) is 0 Å². The van der Waals surface area contributed by atoms with Crippen LogP contribution in [-0.2, 0) is 4.74 Å². The number of aliphatic hydroxyl groups is 1. The molecule has 3 nitrogen and oxygen atoms in total. The first-order chi connectivity index (χ1) is 9.04. The van der Waals surface area contributed by atoms with Gasteiger partial charge in [-0.15, -0.1) is 0 Å². The predicted octanol–water partition coefficient (Wildman–Crippen LogP) is 2.86. The Hall–Kier alpha value is -0.120. The summed E-state index contributed by atoms with van der Waals surface area (Å²) in [5.74, 6) is 0. The van der Waals surface area contributed by atoms with Crippen molar-refractivity contribution in [1.82, 2.24) is 5.32 Å². The summed E-state index contributed by atoms with van der Waals surface area (Å²) < 4.78 is 5.83. The van der Waals surface area contributed by atoms with Gasteiger partial charge in [0.05, 0.1) is 11.7 Å². The van der Waals surface area contributed by atoms with Crippen LogP contribution in [0.1, 0.15) is 65.7 Å². The molecule has 0 aromatic heterocycles. The molecule has 2 aliphatic carbocycles. The first kappa shape index (κ1) is 15.3. The van der Waals surface area contributed by atoms with E-state index in [0.717, 1.165) is 38.8 Å². The van der Waals surface area contributed by atoms with Crippen LogP contribution < -0.4 is 5.32 Å². The molecular formula is C16H31NO2. The number of ether oxygens (including phenoxy) is 1. The second kappa shape index (κ2) is 6.11. The third-order valence-corrected chi connectivity index (χ3v) is 5.57. The highest BCUT2D eigenvalue weighted by molar-refractivity contribution is 5.05. The SMILES string of the molecule is CCOC1CC(NCC2(O)CCCCC2)C1(C)CC. The standard InChI is InChI=1S/C16H31NO2/c1-4-15(3)13(11-14(15)19-5-2)17-12-16(18)9-7-6-8-10-16/h13-14,17-18H,4-12H2,1-3H3. The van der Waals surface area contributed by atoms with Crippen LogP contribution in [0.5, 0.6) is 0 Å². The van der Waals surface area contributed by atoms with Crippen LogP contribution in [0.3, 0.4) is 0 Å². The van der Waals surface area contributed by atoms with Crippen LogP contribution in [0, 0.1) is 5.41 Å². The minimum Gasteiger partial charge on any atom is -0.389 e. The van der Waals surface area contributed by atoms with Gasteiger partial charge in [0.15, 0.2) is 0 Å². The zero-order valence-electron chi connectivity index (χ0n) is 12.9. The van der Waals surface area contributed by atoms with Gasteiger partial charge in [-0.1, -0.05) is 33.1 Å². The fraction of sp³-hybridized carbons (Fsp3) is 1.00. The van der Waals surface area contributed by atoms with Crippen LogP contribution in [-0.4, -0.2) is 36.0 Å². The Labute approximate surface area is 118 Å².